The fraction of sp³-hybridized carbons (Fsp3) is 0.233. The molecule has 6 nitrogen and oxygen atoms in total. The summed E-state index contributed by atoms with van der Waals surface area (Å²) in [4.78, 5) is 19.5. The summed E-state index contributed by atoms with van der Waals surface area (Å²) >= 11 is 5.78. The van der Waals surface area contributed by atoms with Crippen LogP contribution in [0.3, 0.4) is 0 Å². The number of carbonyl (C=O) groups excluding carboxylic acids is 1. The molecular formula is C30H30FN5OS. The maximum atomic E-state index is 14.8. The first-order chi connectivity index (χ1) is 18.3. The molecule has 194 valence electrons. The molecule has 2 aromatic carbocycles. The number of para-hydroxylation sites is 1. The van der Waals surface area contributed by atoms with Gasteiger partial charge in [0.15, 0.2) is 5.11 Å². The van der Waals surface area contributed by atoms with Crippen molar-refractivity contribution in [2.45, 2.75) is 39.3 Å². The average molecular weight is 528 g/mol. The van der Waals surface area contributed by atoms with E-state index in [0.717, 1.165) is 33.9 Å². The molecule has 0 unspecified atom stereocenters. The zero-order chi connectivity index (χ0) is 26.8. The second-order valence-corrected chi connectivity index (χ2v) is 9.98. The van der Waals surface area contributed by atoms with E-state index in [9.17, 15) is 9.18 Å². The summed E-state index contributed by atoms with van der Waals surface area (Å²) < 4.78 is 16.7. The number of amides is 1. The summed E-state index contributed by atoms with van der Waals surface area (Å²) in [6.07, 6.45) is 2.02. The number of benzene rings is 2. The quantitative estimate of drug-likeness (QED) is 0.292. The topological polar surface area (TPSA) is 62.2 Å². The highest BCUT2D eigenvalue weighted by molar-refractivity contribution is 7.80. The fourth-order valence-corrected chi connectivity index (χ4v) is 5.49. The fourth-order valence-electron chi connectivity index (χ4n) is 5.16. The molecule has 38 heavy (non-hydrogen) atoms. The third kappa shape index (κ3) is 5.04. The first-order valence-corrected chi connectivity index (χ1v) is 13.0. The van der Waals surface area contributed by atoms with Gasteiger partial charge in [-0.2, -0.15) is 0 Å². The Morgan fingerprint density at radius 2 is 1.79 bits per heavy atom. The summed E-state index contributed by atoms with van der Waals surface area (Å²) in [6, 6.07) is 21.9. The van der Waals surface area contributed by atoms with Crippen molar-refractivity contribution in [3.05, 3.63) is 113 Å². The van der Waals surface area contributed by atoms with Crippen LogP contribution in [-0.2, 0) is 4.79 Å². The highest BCUT2D eigenvalue weighted by Crippen LogP contribution is 2.41. The van der Waals surface area contributed by atoms with E-state index >= 15 is 0 Å². The molecule has 4 aromatic rings. The molecule has 0 bridgehead atoms. The summed E-state index contributed by atoms with van der Waals surface area (Å²) in [5.41, 5.74) is 6.08. The van der Waals surface area contributed by atoms with Gasteiger partial charge < -0.3 is 20.1 Å². The highest BCUT2D eigenvalue weighted by Gasteiger charge is 2.41. The van der Waals surface area contributed by atoms with Gasteiger partial charge in [-0.15, -0.1) is 0 Å². The van der Waals surface area contributed by atoms with Gasteiger partial charge in [-0.25, -0.2) is 4.39 Å². The lowest BCUT2D eigenvalue weighted by Gasteiger charge is -2.28. The lowest BCUT2D eigenvalue weighted by molar-refractivity contribution is -0.116. The number of nitrogens with one attached hydrogen (secondary N) is 2. The van der Waals surface area contributed by atoms with Crippen LogP contribution in [0.25, 0.3) is 5.69 Å². The van der Waals surface area contributed by atoms with Crippen molar-refractivity contribution in [1.82, 2.24) is 19.8 Å². The predicted molar refractivity (Wildman–Crippen MR) is 152 cm³/mol. The molecule has 1 fully saturated rings. The van der Waals surface area contributed by atoms with Crippen molar-refractivity contribution < 1.29 is 9.18 Å². The van der Waals surface area contributed by atoms with Gasteiger partial charge in [0.25, 0.3) is 0 Å². The van der Waals surface area contributed by atoms with Gasteiger partial charge in [0.05, 0.1) is 23.5 Å². The largest absolute Gasteiger partial charge is 0.352 e. The van der Waals surface area contributed by atoms with Crippen LogP contribution < -0.4 is 10.6 Å². The highest BCUT2D eigenvalue weighted by atomic mass is 32.1. The van der Waals surface area contributed by atoms with Crippen LogP contribution >= 0.6 is 12.2 Å². The first-order valence-electron chi connectivity index (χ1n) is 12.6. The zero-order valence-corrected chi connectivity index (χ0v) is 22.4. The molecule has 8 heteroatoms. The van der Waals surface area contributed by atoms with E-state index in [1.807, 2.05) is 73.9 Å². The third-order valence-corrected chi connectivity index (χ3v) is 7.35. The van der Waals surface area contributed by atoms with E-state index in [2.05, 4.69) is 26.6 Å². The Bertz CT molecular complexity index is 1470. The van der Waals surface area contributed by atoms with Gasteiger partial charge in [-0.05, 0) is 81.0 Å². The van der Waals surface area contributed by atoms with E-state index in [4.69, 9.17) is 12.2 Å². The Kier molecular flexibility index (Phi) is 7.24. The Hall–Kier alpha value is -4.04. The van der Waals surface area contributed by atoms with Crippen molar-refractivity contribution in [1.29, 1.82) is 0 Å². The summed E-state index contributed by atoms with van der Waals surface area (Å²) in [5.74, 6) is -0.375. The smallest absolute Gasteiger partial charge is 0.226 e. The van der Waals surface area contributed by atoms with Gasteiger partial charge in [-0.1, -0.05) is 35.9 Å². The molecule has 2 N–H and O–H groups in total. The van der Waals surface area contributed by atoms with Crippen LogP contribution in [0.1, 0.15) is 46.7 Å². The Balaban J connectivity index is 1.47. The summed E-state index contributed by atoms with van der Waals surface area (Å²) in [7, 11) is 0. The molecule has 2 aromatic heterocycles. The number of rotatable bonds is 7. The van der Waals surface area contributed by atoms with Crippen molar-refractivity contribution in [2.24, 2.45) is 0 Å². The summed E-state index contributed by atoms with van der Waals surface area (Å²) in [6.45, 7) is 6.39. The number of carbonyl (C=O) groups is 1. The van der Waals surface area contributed by atoms with E-state index in [1.54, 1.807) is 18.3 Å². The van der Waals surface area contributed by atoms with Gasteiger partial charge in [0, 0.05) is 36.2 Å². The molecule has 1 amide bonds. The lowest BCUT2D eigenvalue weighted by Crippen LogP contribution is -2.32. The number of pyridine rings is 1. The number of nitrogens with zero attached hydrogens (tertiary/aromatic N) is 3. The Morgan fingerprint density at radius 3 is 2.50 bits per heavy atom. The van der Waals surface area contributed by atoms with Gasteiger partial charge in [-0.3, -0.25) is 9.78 Å². The number of halogens is 1. The zero-order valence-electron chi connectivity index (χ0n) is 21.6. The van der Waals surface area contributed by atoms with Crippen molar-refractivity contribution in [3.63, 3.8) is 0 Å². The third-order valence-electron chi connectivity index (χ3n) is 7.00. The van der Waals surface area contributed by atoms with Crippen LogP contribution in [0.2, 0.25) is 0 Å². The average Bonchev–Trinajstić information content (AvgIpc) is 3.39. The normalized spacial score (nSPS) is 16.9. The number of anilines is 1. The maximum absolute atomic E-state index is 14.8. The maximum Gasteiger partial charge on any atom is 0.226 e. The number of aryl methyl sites for hydroxylation is 2. The molecule has 0 saturated carbocycles. The number of aromatic nitrogens is 2. The van der Waals surface area contributed by atoms with Gasteiger partial charge >= 0.3 is 0 Å². The van der Waals surface area contributed by atoms with Crippen LogP contribution in [0, 0.1) is 26.6 Å². The summed E-state index contributed by atoms with van der Waals surface area (Å²) in [5, 5.41) is 6.97. The Morgan fingerprint density at radius 1 is 1.05 bits per heavy atom. The lowest BCUT2D eigenvalue weighted by atomic mass is 9.96. The molecule has 1 saturated heterocycles. The molecule has 0 spiro atoms. The minimum Gasteiger partial charge on any atom is -0.352 e. The molecule has 0 aliphatic carbocycles. The second kappa shape index (κ2) is 10.8. The molecule has 1 aliphatic heterocycles. The van der Waals surface area contributed by atoms with E-state index in [0.29, 0.717) is 17.3 Å². The molecule has 2 atom stereocenters. The van der Waals surface area contributed by atoms with Crippen LogP contribution in [0.5, 0.6) is 0 Å². The SMILES string of the molecule is Cc1ccc(NC(=O)CCN2C(=S)N[C@@H](c3ccccn3)[C@@H]2c2cc(C)n(-c3ccccc3F)c2C)cc1. The number of hydrogen-bond donors (Lipinski definition) is 2. The number of thiocarbonyl (C=S) groups is 1. The van der Waals surface area contributed by atoms with E-state index in [1.165, 1.54) is 6.07 Å². The minimum absolute atomic E-state index is 0.0893. The monoisotopic (exact) mass is 527 g/mol. The van der Waals surface area contributed by atoms with E-state index < -0.39 is 0 Å². The molecule has 3 heterocycles. The van der Waals surface area contributed by atoms with Crippen molar-refractivity contribution in [3.8, 4) is 5.69 Å². The predicted octanol–water partition coefficient (Wildman–Crippen LogP) is 5.94. The van der Waals surface area contributed by atoms with Crippen LogP contribution in [0.15, 0.2) is 79.0 Å². The van der Waals surface area contributed by atoms with Crippen molar-refractivity contribution in [2.75, 3.05) is 11.9 Å². The first kappa shape index (κ1) is 25.6. The van der Waals surface area contributed by atoms with Gasteiger partial charge in [0.2, 0.25) is 5.91 Å². The van der Waals surface area contributed by atoms with E-state index in [-0.39, 0.29) is 30.2 Å². The van der Waals surface area contributed by atoms with Gasteiger partial charge in [0.1, 0.15) is 5.82 Å². The minimum atomic E-state index is -0.285. The molecule has 0 radical (unpaired) electrons. The van der Waals surface area contributed by atoms with Crippen molar-refractivity contribution >= 4 is 28.9 Å². The molecule has 1 aliphatic rings. The van der Waals surface area contributed by atoms with Crippen LogP contribution in [0.4, 0.5) is 10.1 Å². The second-order valence-electron chi connectivity index (χ2n) is 9.60. The Labute approximate surface area is 227 Å². The standard InChI is InChI=1S/C30H30FN5OS/c1-19-11-13-22(14-12-19)33-27(37)15-17-35-29(28(34-30(35)38)25-9-6-7-16-32-25)23-18-20(2)36(21(23)3)26-10-5-4-8-24(26)31/h4-14,16,18,28-29H,15,17H2,1-3H3,(H,33,37)(H,34,38)/t28-,29-/m0/s1. The molecular weight excluding hydrogens is 497 g/mol. The number of hydrogen-bond acceptors (Lipinski definition) is 3. The molecule has 5 rings (SSSR count). The van der Waals surface area contributed by atoms with Crippen LogP contribution in [-0.4, -0.2) is 32.0 Å².